The van der Waals surface area contributed by atoms with Crippen molar-refractivity contribution >= 4 is 33.5 Å². The molecule has 0 spiro atoms. The minimum atomic E-state index is -0.498. The maximum atomic E-state index is 13.2. The molecule has 0 amide bonds. The molecule has 0 heterocycles. The van der Waals surface area contributed by atoms with Gasteiger partial charge in [-0.25, -0.2) is 9.59 Å². The van der Waals surface area contributed by atoms with Crippen LogP contribution < -0.4 is 18.9 Å². The minimum Gasteiger partial charge on any atom is -0.497 e. The normalized spacial score (nSPS) is 10.8. The maximum Gasteiger partial charge on any atom is 0.343 e. The number of hydrogen-bond donors (Lipinski definition) is 0. The van der Waals surface area contributed by atoms with Crippen LogP contribution in [0.2, 0.25) is 0 Å². The molecule has 5 aromatic rings. The number of hydrogen-bond acceptors (Lipinski definition) is 6. The van der Waals surface area contributed by atoms with E-state index in [1.165, 1.54) is 0 Å². The predicted molar refractivity (Wildman–Crippen MR) is 147 cm³/mol. The second-order valence-electron chi connectivity index (χ2n) is 8.67. The van der Waals surface area contributed by atoms with Gasteiger partial charge in [-0.05, 0) is 66.6 Å². The summed E-state index contributed by atoms with van der Waals surface area (Å²) in [4.78, 5) is 26.4. The summed E-state index contributed by atoms with van der Waals surface area (Å²) >= 11 is 0. The topological polar surface area (TPSA) is 71.1 Å². The molecule has 190 valence electrons. The van der Waals surface area contributed by atoms with E-state index in [1.54, 1.807) is 62.8 Å². The van der Waals surface area contributed by atoms with Crippen LogP contribution in [0.4, 0.5) is 0 Å². The Hall–Kier alpha value is -4.84. The lowest BCUT2D eigenvalue weighted by molar-refractivity contribution is 0.0726. The van der Waals surface area contributed by atoms with E-state index in [2.05, 4.69) is 6.92 Å². The Balaban J connectivity index is 1.64. The summed E-state index contributed by atoms with van der Waals surface area (Å²) < 4.78 is 22.4. The largest absolute Gasteiger partial charge is 0.497 e. The quantitative estimate of drug-likeness (QED) is 0.134. The Bertz CT molecular complexity index is 1640. The third-order valence-electron chi connectivity index (χ3n) is 6.44. The van der Waals surface area contributed by atoms with Gasteiger partial charge in [-0.1, -0.05) is 43.3 Å². The molecule has 0 atom stereocenters. The first-order valence-electron chi connectivity index (χ1n) is 12.2. The Labute approximate surface area is 220 Å². The Morgan fingerprint density at radius 3 is 1.47 bits per heavy atom. The van der Waals surface area contributed by atoms with Gasteiger partial charge >= 0.3 is 11.9 Å². The molecular formula is C32H26O6. The van der Waals surface area contributed by atoms with Gasteiger partial charge in [0.2, 0.25) is 0 Å². The average Bonchev–Trinajstić information content (AvgIpc) is 2.98. The van der Waals surface area contributed by atoms with E-state index in [1.807, 2.05) is 42.5 Å². The van der Waals surface area contributed by atoms with Crippen LogP contribution in [0, 0.1) is 0 Å². The smallest absolute Gasteiger partial charge is 0.343 e. The van der Waals surface area contributed by atoms with Gasteiger partial charge in [-0.2, -0.15) is 0 Å². The highest BCUT2D eigenvalue weighted by atomic mass is 16.5. The van der Waals surface area contributed by atoms with Crippen molar-refractivity contribution in [2.75, 3.05) is 14.2 Å². The number of esters is 2. The van der Waals surface area contributed by atoms with Crippen LogP contribution >= 0.6 is 0 Å². The van der Waals surface area contributed by atoms with Crippen LogP contribution in [0.3, 0.4) is 0 Å². The zero-order valence-electron chi connectivity index (χ0n) is 21.3. The van der Waals surface area contributed by atoms with E-state index in [4.69, 9.17) is 18.9 Å². The molecule has 0 N–H and O–H groups in total. The number of methoxy groups -OCH3 is 2. The average molecular weight is 507 g/mol. The van der Waals surface area contributed by atoms with Crippen LogP contribution in [-0.4, -0.2) is 26.2 Å². The van der Waals surface area contributed by atoms with Crippen molar-refractivity contribution in [3.8, 4) is 23.0 Å². The lowest BCUT2D eigenvalue weighted by Crippen LogP contribution is -2.11. The molecule has 0 aromatic heterocycles. The van der Waals surface area contributed by atoms with Crippen molar-refractivity contribution in [3.63, 3.8) is 0 Å². The van der Waals surface area contributed by atoms with Crippen LogP contribution in [0.25, 0.3) is 21.5 Å². The van der Waals surface area contributed by atoms with Crippen molar-refractivity contribution in [1.82, 2.24) is 0 Å². The summed E-state index contributed by atoms with van der Waals surface area (Å²) in [7, 11) is 3.14. The molecule has 6 nitrogen and oxygen atoms in total. The highest BCUT2D eigenvalue weighted by molar-refractivity contribution is 6.14. The van der Waals surface area contributed by atoms with Crippen LogP contribution in [0.1, 0.15) is 33.2 Å². The Morgan fingerprint density at radius 1 is 0.579 bits per heavy atom. The molecule has 0 unspecified atom stereocenters. The van der Waals surface area contributed by atoms with Crippen molar-refractivity contribution in [2.24, 2.45) is 0 Å². The number of carbonyl (C=O) groups excluding carboxylic acids is 2. The molecule has 0 fully saturated rings. The highest BCUT2D eigenvalue weighted by Gasteiger charge is 2.21. The Morgan fingerprint density at radius 2 is 1.03 bits per heavy atom. The van der Waals surface area contributed by atoms with Gasteiger partial charge < -0.3 is 18.9 Å². The second-order valence-corrected chi connectivity index (χ2v) is 8.67. The predicted octanol–water partition coefficient (Wildman–Crippen LogP) is 7.01. The van der Waals surface area contributed by atoms with Gasteiger partial charge in [-0.3, -0.25) is 0 Å². The molecular weight excluding hydrogens is 480 g/mol. The maximum absolute atomic E-state index is 13.2. The number of carbonyl (C=O) groups is 2. The fourth-order valence-electron chi connectivity index (χ4n) is 4.34. The fraction of sp³-hybridized carbons (Fsp3) is 0.125. The number of aryl methyl sites for hydroxylation is 1. The summed E-state index contributed by atoms with van der Waals surface area (Å²) in [6.07, 6.45) is 0.787. The van der Waals surface area contributed by atoms with Crippen LogP contribution in [-0.2, 0) is 6.42 Å². The van der Waals surface area contributed by atoms with Crippen molar-refractivity contribution in [3.05, 3.63) is 108 Å². The van der Waals surface area contributed by atoms with E-state index < -0.39 is 11.9 Å². The first kappa shape index (κ1) is 24.8. The van der Waals surface area contributed by atoms with E-state index in [0.29, 0.717) is 55.7 Å². The summed E-state index contributed by atoms with van der Waals surface area (Å²) in [6, 6.07) is 26.8. The molecule has 6 heteroatoms. The number of rotatable bonds is 7. The third-order valence-corrected chi connectivity index (χ3v) is 6.44. The lowest BCUT2D eigenvalue weighted by Gasteiger charge is -2.17. The molecule has 5 aromatic carbocycles. The lowest BCUT2D eigenvalue weighted by atomic mass is 9.98. The molecule has 0 bridgehead atoms. The van der Waals surface area contributed by atoms with E-state index in [-0.39, 0.29) is 0 Å². The van der Waals surface area contributed by atoms with Gasteiger partial charge in [-0.15, -0.1) is 0 Å². The van der Waals surface area contributed by atoms with Gasteiger partial charge in [0.1, 0.15) is 23.0 Å². The first-order chi connectivity index (χ1) is 18.5. The van der Waals surface area contributed by atoms with E-state index in [9.17, 15) is 9.59 Å². The van der Waals surface area contributed by atoms with E-state index in [0.717, 1.165) is 12.0 Å². The van der Waals surface area contributed by atoms with E-state index >= 15 is 0 Å². The standard InChI is InChI=1S/C32H26O6/c1-4-20-9-18-27-28(19-20)30(38-32(34)22-12-16-24(36-3)17-13-22)26-8-6-5-7-25(26)29(27)37-31(33)21-10-14-23(35-2)15-11-21/h5-19H,4H2,1-3H3. The molecule has 0 aliphatic carbocycles. The molecule has 38 heavy (non-hydrogen) atoms. The molecule has 0 saturated heterocycles. The first-order valence-corrected chi connectivity index (χ1v) is 12.2. The molecule has 0 aliphatic heterocycles. The number of ether oxygens (including phenoxy) is 4. The third kappa shape index (κ3) is 4.76. The minimum absolute atomic E-state index is 0.392. The molecule has 5 rings (SSSR count). The van der Waals surface area contributed by atoms with Crippen molar-refractivity contribution < 1.29 is 28.5 Å². The molecule has 0 saturated carbocycles. The Kier molecular flexibility index (Phi) is 6.96. The van der Waals surface area contributed by atoms with Crippen molar-refractivity contribution in [2.45, 2.75) is 13.3 Å². The zero-order chi connectivity index (χ0) is 26.6. The monoisotopic (exact) mass is 506 g/mol. The summed E-state index contributed by atoms with van der Waals surface area (Å²) in [6.45, 7) is 2.05. The van der Waals surface area contributed by atoms with Crippen LogP contribution in [0.5, 0.6) is 23.0 Å². The summed E-state index contributed by atoms with van der Waals surface area (Å²) in [5.74, 6) is 1.12. The second kappa shape index (κ2) is 10.6. The fourth-order valence-corrected chi connectivity index (χ4v) is 4.34. The zero-order valence-corrected chi connectivity index (χ0v) is 21.3. The van der Waals surface area contributed by atoms with Gasteiger partial charge in [0.25, 0.3) is 0 Å². The van der Waals surface area contributed by atoms with Crippen LogP contribution in [0.15, 0.2) is 91.0 Å². The SMILES string of the molecule is CCc1ccc2c(OC(=O)c3ccc(OC)cc3)c3ccccc3c(OC(=O)c3ccc(OC)cc3)c2c1. The molecule has 0 aliphatic rings. The van der Waals surface area contributed by atoms with Crippen molar-refractivity contribution in [1.29, 1.82) is 0 Å². The summed E-state index contributed by atoms with van der Waals surface area (Å²) in [5.41, 5.74) is 1.84. The number of benzene rings is 5. The highest BCUT2D eigenvalue weighted by Crippen LogP contribution is 2.43. The number of fused-ring (bicyclic) bond motifs is 2. The summed E-state index contributed by atoms with van der Waals surface area (Å²) in [5, 5.41) is 2.67. The molecule has 0 radical (unpaired) electrons. The van der Waals surface area contributed by atoms with Gasteiger partial charge in [0.15, 0.2) is 0 Å². The van der Waals surface area contributed by atoms with Gasteiger partial charge in [0.05, 0.1) is 25.3 Å². The van der Waals surface area contributed by atoms with Gasteiger partial charge in [0, 0.05) is 21.5 Å².